The Morgan fingerprint density at radius 1 is 1.00 bits per heavy atom. The lowest BCUT2D eigenvalue weighted by Gasteiger charge is -2.42. The first-order chi connectivity index (χ1) is 17.9. The lowest BCUT2D eigenvalue weighted by atomic mass is 9.78. The first kappa shape index (κ1) is 26.4. The Balaban J connectivity index is 1.79. The highest BCUT2D eigenvalue weighted by Crippen LogP contribution is 2.44. The second-order valence-corrected chi connectivity index (χ2v) is 9.80. The van der Waals surface area contributed by atoms with E-state index >= 15 is 0 Å². The normalized spacial score (nSPS) is 17.0. The van der Waals surface area contributed by atoms with Crippen LogP contribution in [0, 0.1) is 0 Å². The quantitative estimate of drug-likeness (QED) is 0.407. The minimum Gasteiger partial charge on any atom is -0.496 e. The molecule has 0 radical (unpaired) electrons. The summed E-state index contributed by atoms with van der Waals surface area (Å²) in [6.07, 6.45) is 1.78. The molecule has 2 amide bonds. The zero-order valence-electron chi connectivity index (χ0n) is 22.2. The summed E-state index contributed by atoms with van der Waals surface area (Å²) in [7, 11) is 5.68. The van der Waals surface area contributed by atoms with Crippen molar-refractivity contribution in [1.82, 2.24) is 15.1 Å². The number of amides is 2. The molecule has 194 valence electrons. The van der Waals surface area contributed by atoms with E-state index in [1.165, 1.54) is 5.56 Å². The van der Waals surface area contributed by atoms with Crippen molar-refractivity contribution < 1.29 is 14.3 Å². The van der Waals surface area contributed by atoms with Crippen LogP contribution in [0.2, 0.25) is 0 Å². The number of hydrogen-bond acceptors (Lipinski definition) is 4. The van der Waals surface area contributed by atoms with Gasteiger partial charge in [-0.25, -0.2) is 0 Å². The maximum absolute atomic E-state index is 14.0. The summed E-state index contributed by atoms with van der Waals surface area (Å²) in [6, 6.07) is 23.1. The Morgan fingerprint density at radius 2 is 1.70 bits per heavy atom. The first-order valence-corrected chi connectivity index (χ1v) is 13.0. The summed E-state index contributed by atoms with van der Waals surface area (Å²) < 4.78 is 5.60. The van der Waals surface area contributed by atoms with Crippen molar-refractivity contribution in [1.29, 1.82) is 0 Å². The Labute approximate surface area is 220 Å². The summed E-state index contributed by atoms with van der Waals surface area (Å²) in [5.41, 5.74) is 4.42. The topological polar surface area (TPSA) is 61.9 Å². The molecule has 2 atom stereocenters. The number of nitrogens with one attached hydrogen (secondary N) is 1. The molecule has 6 nitrogen and oxygen atoms in total. The van der Waals surface area contributed by atoms with Crippen molar-refractivity contribution in [3.05, 3.63) is 101 Å². The molecule has 1 aliphatic heterocycles. The number of rotatable bonds is 10. The van der Waals surface area contributed by atoms with Crippen LogP contribution in [-0.2, 0) is 17.8 Å². The number of benzene rings is 3. The fraction of sp³-hybridized carbons (Fsp3) is 0.355. The van der Waals surface area contributed by atoms with Gasteiger partial charge in [-0.15, -0.1) is 0 Å². The summed E-state index contributed by atoms with van der Waals surface area (Å²) in [5, 5.41) is 3.16. The molecule has 0 fully saturated rings. The van der Waals surface area contributed by atoms with E-state index in [0.717, 1.165) is 41.8 Å². The van der Waals surface area contributed by atoms with Crippen molar-refractivity contribution in [2.45, 2.75) is 38.3 Å². The van der Waals surface area contributed by atoms with Gasteiger partial charge in [0.2, 0.25) is 5.91 Å². The number of carbonyl (C=O) groups is 2. The minimum atomic E-state index is -0.532. The summed E-state index contributed by atoms with van der Waals surface area (Å²) in [5.74, 6) is 0.0467. The van der Waals surface area contributed by atoms with Crippen LogP contribution in [0.4, 0.5) is 0 Å². The number of nitrogens with zero attached hydrogens (tertiary/aromatic N) is 2. The Bertz CT molecular complexity index is 1220. The molecule has 0 bridgehead atoms. The highest BCUT2D eigenvalue weighted by atomic mass is 16.5. The molecule has 3 aromatic rings. The standard InChI is InChI=1S/C31H37N3O3/c1-5-22-15-17-23(18-16-22)29-28(30(35)32-19-10-20-33(2)3)25-12-7-8-13-26(25)31(36)34(29)21-24-11-6-9-14-27(24)37-4/h6-9,11-18,28-29H,5,10,19-21H2,1-4H3,(H,32,35)/t28-,29+/m1/s1. The molecule has 0 aromatic heterocycles. The first-order valence-electron chi connectivity index (χ1n) is 13.0. The Hall–Kier alpha value is -3.64. The predicted octanol–water partition coefficient (Wildman–Crippen LogP) is 4.81. The predicted molar refractivity (Wildman–Crippen MR) is 147 cm³/mol. The maximum Gasteiger partial charge on any atom is 0.255 e. The molecule has 0 unspecified atom stereocenters. The van der Waals surface area contributed by atoms with Gasteiger partial charge < -0.3 is 19.9 Å². The Morgan fingerprint density at radius 3 is 2.41 bits per heavy atom. The van der Waals surface area contributed by atoms with Gasteiger partial charge in [-0.05, 0) is 62.3 Å². The maximum atomic E-state index is 14.0. The molecule has 6 heteroatoms. The van der Waals surface area contributed by atoms with Crippen molar-refractivity contribution in [2.75, 3.05) is 34.3 Å². The monoisotopic (exact) mass is 499 g/mol. The largest absolute Gasteiger partial charge is 0.496 e. The van der Waals surface area contributed by atoms with Crippen LogP contribution in [0.5, 0.6) is 5.75 Å². The Kier molecular flexibility index (Phi) is 8.62. The van der Waals surface area contributed by atoms with Crippen LogP contribution in [0.25, 0.3) is 0 Å². The van der Waals surface area contributed by atoms with E-state index in [0.29, 0.717) is 18.7 Å². The van der Waals surface area contributed by atoms with Gasteiger partial charge in [0.25, 0.3) is 5.91 Å². The van der Waals surface area contributed by atoms with Gasteiger partial charge in [-0.1, -0.05) is 67.6 Å². The van der Waals surface area contributed by atoms with Gasteiger partial charge >= 0.3 is 0 Å². The third-order valence-corrected chi connectivity index (χ3v) is 7.07. The number of carbonyl (C=O) groups excluding carboxylic acids is 2. The second-order valence-electron chi connectivity index (χ2n) is 9.80. The van der Waals surface area contributed by atoms with E-state index < -0.39 is 12.0 Å². The zero-order chi connectivity index (χ0) is 26.4. The van der Waals surface area contributed by atoms with Crippen molar-refractivity contribution in [3.63, 3.8) is 0 Å². The molecule has 0 spiro atoms. The van der Waals surface area contributed by atoms with E-state index in [2.05, 4.69) is 41.4 Å². The van der Waals surface area contributed by atoms with Gasteiger partial charge in [0, 0.05) is 17.7 Å². The van der Waals surface area contributed by atoms with Gasteiger partial charge in [0.1, 0.15) is 5.75 Å². The molecule has 1 N–H and O–H groups in total. The molecule has 0 saturated heterocycles. The molecular weight excluding hydrogens is 462 g/mol. The third kappa shape index (κ3) is 5.86. The van der Waals surface area contributed by atoms with E-state index in [1.807, 2.05) is 67.5 Å². The highest BCUT2D eigenvalue weighted by Gasteiger charge is 2.44. The lowest BCUT2D eigenvalue weighted by molar-refractivity contribution is -0.124. The number of fused-ring (bicyclic) bond motifs is 1. The smallest absolute Gasteiger partial charge is 0.255 e. The molecular formula is C31H37N3O3. The van der Waals surface area contributed by atoms with Crippen molar-refractivity contribution >= 4 is 11.8 Å². The van der Waals surface area contributed by atoms with Gasteiger partial charge in [0.15, 0.2) is 0 Å². The van der Waals surface area contributed by atoms with Crippen molar-refractivity contribution in [2.24, 2.45) is 0 Å². The summed E-state index contributed by atoms with van der Waals surface area (Å²) >= 11 is 0. The van der Waals surface area contributed by atoms with Gasteiger partial charge in [-0.2, -0.15) is 0 Å². The highest BCUT2D eigenvalue weighted by molar-refractivity contribution is 6.01. The number of methoxy groups -OCH3 is 1. The molecule has 37 heavy (non-hydrogen) atoms. The van der Waals surface area contributed by atoms with Crippen LogP contribution in [-0.4, -0.2) is 55.9 Å². The molecule has 0 saturated carbocycles. The van der Waals surface area contributed by atoms with Crippen LogP contribution >= 0.6 is 0 Å². The number of aryl methyl sites for hydroxylation is 1. The summed E-state index contributed by atoms with van der Waals surface area (Å²) in [4.78, 5) is 31.8. The molecule has 1 aliphatic rings. The average Bonchev–Trinajstić information content (AvgIpc) is 2.92. The molecule has 1 heterocycles. The van der Waals surface area contributed by atoms with E-state index in [4.69, 9.17) is 4.74 Å². The van der Waals surface area contributed by atoms with E-state index in [-0.39, 0.29) is 11.8 Å². The fourth-order valence-electron chi connectivity index (χ4n) is 5.11. The lowest BCUT2D eigenvalue weighted by Crippen LogP contribution is -2.47. The second kappa shape index (κ2) is 12.1. The van der Waals surface area contributed by atoms with E-state index in [9.17, 15) is 9.59 Å². The van der Waals surface area contributed by atoms with E-state index in [1.54, 1.807) is 7.11 Å². The van der Waals surface area contributed by atoms with Crippen LogP contribution in [0.1, 0.15) is 57.9 Å². The zero-order valence-corrected chi connectivity index (χ0v) is 22.2. The molecule has 0 aliphatic carbocycles. The fourth-order valence-corrected chi connectivity index (χ4v) is 5.11. The van der Waals surface area contributed by atoms with Crippen LogP contribution in [0.3, 0.4) is 0 Å². The SMILES string of the molecule is CCc1ccc([C@H]2[C@H](C(=O)NCCCN(C)C)c3ccccc3C(=O)N2Cc2ccccc2OC)cc1. The number of para-hydroxylation sites is 1. The third-order valence-electron chi connectivity index (χ3n) is 7.07. The molecule has 3 aromatic carbocycles. The summed E-state index contributed by atoms with van der Waals surface area (Å²) in [6.45, 7) is 3.93. The van der Waals surface area contributed by atoms with Gasteiger partial charge in [-0.3, -0.25) is 9.59 Å². The average molecular weight is 500 g/mol. The number of ether oxygens (including phenoxy) is 1. The minimum absolute atomic E-state index is 0.0618. The number of hydrogen-bond donors (Lipinski definition) is 1. The molecule has 4 rings (SSSR count). The van der Waals surface area contributed by atoms with Crippen molar-refractivity contribution in [3.8, 4) is 5.75 Å². The van der Waals surface area contributed by atoms with Gasteiger partial charge in [0.05, 0.1) is 25.6 Å². The van der Waals surface area contributed by atoms with Crippen LogP contribution in [0.15, 0.2) is 72.8 Å². The van der Waals surface area contributed by atoms with Crippen LogP contribution < -0.4 is 10.1 Å².